The normalized spacial score (nSPS) is 12.6. The van der Waals surface area contributed by atoms with Crippen molar-refractivity contribution < 1.29 is 0 Å². The molecule has 3 nitrogen and oxygen atoms in total. The monoisotopic (exact) mass is 223 g/mol. The van der Waals surface area contributed by atoms with Crippen LogP contribution in [0.5, 0.6) is 0 Å². The predicted molar refractivity (Wildman–Crippen MR) is 65.7 cm³/mol. The SMILES string of the molecule is Cc1sc2nc(C(C)(C)C)c(N)n2c1C. The van der Waals surface area contributed by atoms with Gasteiger partial charge in [-0.15, -0.1) is 11.3 Å². The third-order valence-corrected chi connectivity index (χ3v) is 3.74. The zero-order valence-electron chi connectivity index (χ0n) is 9.88. The molecule has 82 valence electrons. The van der Waals surface area contributed by atoms with E-state index in [9.17, 15) is 0 Å². The number of aryl methyl sites for hydroxylation is 2. The van der Waals surface area contributed by atoms with E-state index in [1.54, 1.807) is 11.3 Å². The molecule has 0 unspecified atom stereocenters. The summed E-state index contributed by atoms with van der Waals surface area (Å²) in [7, 11) is 0. The van der Waals surface area contributed by atoms with Crippen molar-refractivity contribution in [1.82, 2.24) is 9.38 Å². The van der Waals surface area contributed by atoms with Crippen LogP contribution in [0.15, 0.2) is 0 Å². The third kappa shape index (κ3) is 1.44. The molecule has 0 radical (unpaired) electrons. The molecule has 0 fully saturated rings. The van der Waals surface area contributed by atoms with Gasteiger partial charge in [0.25, 0.3) is 0 Å². The van der Waals surface area contributed by atoms with Crippen molar-refractivity contribution in [1.29, 1.82) is 0 Å². The van der Waals surface area contributed by atoms with E-state index in [1.807, 2.05) is 0 Å². The molecular weight excluding hydrogens is 206 g/mol. The number of rotatable bonds is 0. The molecule has 0 aliphatic rings. The maximum atomic E-state index is 6.15. The molecule has 0 saturated heterocycles. The lowest BCUT2D eigenvalue weighted by Gasteiger charge is -2.16. The van der Waals surface area contributed by atoms with Gasteiger partial charge < -0.3 is 5.73 Å². The number of nitrogens with two attached hydrogens (primary N) is 1. The van der Waals surface area contributed by atoms with Crippen molar-refractivity contribution in [3.05, 3.63) is 16.3 Å². The van der Waals surface area contributed by atoms with Gasteiger partial charge in [-0.2, -0.15) is 0 Å². The first kappa shape index (κ1) is 10.5. The fourth-order valence-electron chi connectivity index (χ4n) is 1.72. The van der Waals surface area contributed by atoms with Gasteiger partial charge in [0.05, 0.1) is 5.69 Å². The highest BCUT2D eigenvalue weighted by atomic mass is 32.1. The lowest BCUT2D eigenvalue weighted by atomic mass is 9.92. The van der Waals surface area contributed by atoms with E-state index in [0.717, 1.165) is 16.5 Å². The molecule has 0 aromatic carbocycles. The molecule has 2 rings (SSSR count). The number of nitrogen functional groups attached to an aromatic ring is 1. The molecule has 4 heteroatoms. The lowest BCUT2D eigenvalue weighted by Crippen LogP contribution is -2.14. The Kier molecular flexibility index (Phi) is 2.08. The summed E-state index contributed by atoms with van der Waals surface area (Å²) in [5.74, 6) is 0.791. The number of aromatic nitrogens is 2. The van der Waals surface area contributed by atoms with Crippen molar-refractivity contribution in [2.24, 2.45) is 0 Å². The quantitative estimate of drug-likeness (QED) is 0.746. The van der Waals surface area contributed by atoms with E-state index >= 15 is 0 Å². The van der Waals surface area contributed by atoms with Crippen LogP contribution in [-0.4, -0.2) is 9.38 Å². The minimum Gasteiger partial charge on any atom is -0.383 e. The maximum absolute atomic E-state index is 6.15. The number of thiazole rings is 1. The number of fused-ring (bicyclic) bond motifs is 1. The van der Waals surface area contributed by atoms with Crippen molar-refractivity contribution in [2.75, 3.05) is 5.73 Å². The van der Waals surface area contributed by atoms with Gasteiger partial charge in [0.15, 0.2) is 4.96 Å². The Morgan fingerprint density at radius 1 is 1.27 bits per heavy atom. The van der Waals surface area contributed by atoms with Crippen LogP contribution in [0.1, 0.15) is 37.0 Å². The molecule has 0 bridgehead atoms. The molecule has 0 saturated carbocycles. The standard InChI is InChI=1S/C11H17N3S/c1-6-7(2)15-10-13-8(11(3,4)5)9(12)14(6)10/h12H2,1-5H3. The van der Waals surface area contributed by atoms with Crippen molar-refractivity contribution in [3.8, 4) is 0 Å². The van der Waals surface area contributed by atoms with E-state index in [4.69, 9.17) is 5.73 Å². The fraction of sp³-hybridized carbons (Fsp3) is 0.545. The van der Waals surface area contributed by atoms with Crippen LogP contribution in [0.3, 0.4) is 0 Å². The second-order valence-corrected chi connectivity index (χ2v) is 6.14. The predicted octanol–water partition coefficient (Wildman–Crippen LogP) is 2.89. The van der Waals surface area contributed by atoms with Gasteiger partial charge in [0.1, 0.15) is 5.82 Å². The van der Waals surface area contributed by atoms with Crippen LogP contribution in [0.4, 0.5) is 5.82 Å². The number of anilines is 1. The number of hydrogen-bond donors (Lipinski definition) is 1. The van der Waals surface area contributed by atoms with Crippen LogP contribution >= 0.6 is 11.3 Å². The van der Waals surface area contributed by atoms with Gasteiger partial charge in [-0.05, 0) is 13.8 Å². The number of hydrogen-bond acceptors (Lipinski definition) is 3. The van der Waals surface area contributed by atoms with Gasteiger partial charge in [0, 0.05) is 16.0 Å². The summed E-state index contributed by atoms with van der Waals surface area (Å²) in [6.07, 6.45) is 0. The first-order chi connectivity index (χ1) is 6.82. The second kappa shape index (κ2) is 2.98. The van der Waals surface area contributed by atoms with Gasteiger partial charge in [-0.1, -0.05) is 20.8 Å². The zero-order chi connectivity index (χ0) is 11.4. The average molecular weight is 223 g/mol. The minimum atomic E-state index is 0.0101. The van der Waals surface area contributed by atoms with Gasteiger partial charge in [-0.25, -0.2) is 4.98 Å². The van der Waals surface area contributed by atoms with Crippen LogP contribution in [0, 0.1) is 13.8 Å². The van der Waals surface area contributed by atoms with Gasteiger partial charge in [-0.3, -0.25) is 4.40 Å². The minimum absolute atomic E-state index is 0.0101. The molecule has 2 heterocycles. The summed E-state index contributed by atoms with van der Waals surface area (Å²) in [6.45, 7) is 10.6. The molecule has 0 spiro atoms. The summed E-state index contributed by atoms with van der Waals surface area (Å²) in [5, 5.41) is 0. The summed E-state index contributed by atoms with van der Waals surface area (Å²) in [5.41, 5.74) is 8.36. The molecule has 0 aliphatic carbocycles. The Labute approximate surface area is 93.9 Å². The second-order valence-electron chi connectivity index (χ2n) is 4.96. The smallest absolute Gasteiger partial charge is 0.196 e. The van der Waals surface area contributed by atoms with Crippen LogP contribution in [0.2, 0.25) is 0 Å². The van der Waals surface area contributed by atoms with Gasteiger partial charge >= 0.3 is 0 Å². The van der Waals surface area contributed by atoms with E-state index in [2.05, 4.69) is 44.0 Å². The number of nitrogens with zero attached hydrogens (tertiary/aromatic N) is 2. The van der Waals surface area contributed by atoms with Crippen LogP contribution < -0.4 is 5.73 Å². The van der Waals surface area contributed by atoms with Crippen LogP contribution in [0.25, 0.3) is 4.96 Å². The van der Waals surface area contributed by atoms with E-state index < -0.39 is 0 Å². The number of imidazole rings is 1. The molecule has 2 N–H and O–H groups in total. The largest absolute Gasteiger partial charge is 0.383 e. The Balaban J connectivity index is 2.78. The van der Waals surface area contributed by atoms with Crippen LogP contribution in [-0.2, 0) is 5.41 Å². The maximum Gasteiger partial charge on any atom is 0.196 e. The Morgan fingerprint density at radius 2 is 1.87 bits per heavy atom. The molecule has 2 aromatic rings. The summed E-state index contributed by atoms with van der Waals surface area (Å²) in [6, 6.07) is 0. The summed E-state index contributed by atoms with van der Waals surface area (Å²) in [4.78, 5) is 6.91. The molecule has 0 amide bonds. The molecule has 15 heavy (non-hydrogen) atoms. The Hall–Kier alpha value is -1.03. The summed E-state index contributed by atoms with van der Waals surface area (Å²) < 4.78 is 2.06. The lowest BCUT2D eigenvalue weighted by molar-refractivity contribution is 0.576. The topological polar surface area (TPSA) is 43.3 Å². The molecular formula is C11H17N3S. The van der Waals surface area contributed by atoms with E-state index in [1.165, 1.54) is 10.6 Å². The summed E-state index contributed by atoms with van der Waals surface area (Å²) >= 11 is 1.70. The van der Waals surface area contributed by atoms with Gasteiger partial charge in [0.2, 0.25) is 0 Å². The Morgan fingerprint density at radius 3 is 2.33 bits per heavy atom. The third-order valence-electron chi connectivity index (χ3n) is 2.68. The highest BCUT2D eigenvalue weighted by Gasteiger charge is 2.24. The highest BCUT2D eigenvalue weighted by molar-refractivity contribution is 7.17. The van der Waals surface area contributed by atoms with Crippen molar-refractivity contribution in [3.63, 3.8) is 0 Å². The van der Waals surface area contributed by atoms with Crippen molar-refractivity contribution >= 4 is 22.1 Å². The first-order valence-electron chi connectivity index (χ1n) is 5.06. The average Bonchev–Trinajstić information content (AvgIpc) is 2.53. The molecule has 0 aliphatic heterocycles. The first-order valence-corrected chi connectivity index (χ1v) is 5.88. The van der Waals surface area contributed by atoms with E-state index in [-0.39, 0.29) is 5.41 Å². The van der Waals surface area contributed by atoms with Crippen molar-refractivity contribution in [2.45, 2.75) is 40.0 Å². The zero-order valence-corrected chi connectivity index (χ0v) is 10.7. The molecule has 0 atom stereocenters. The Bertz CT molecular complexity index is 514. The highest BCUT2D eigenvalue weighted by Crippen LogP contribution is 2.32. The van der Waals surface area contributed by atoms with E-state index in [0.29, 0.717) is 0 Å². The molecule has 2 aromatic heterocycles. The fourth-order valence-corrected chi connectivity index (χ4v) is 2.70.